The van der Waals surface area contributed by atoms with E-state index in [0.717, 1.165) is 0 Å². The highest BCUT2D eigenvalue weighted by molar-refractivity contribution is 5.86. The molecule has 1 aliphatic heterocycles. The minimum atomic E-state index is -0.309. The van der Waals surface area contributed by atoms with Crippen molar-refractivity contribution >= 4 is 11.0 Å². The minimum absolute atomic E-state index is 0.113. The Hall–Kier alpha value is -3.35. The summed E-state index contributed by atoms with van der Waals surface area (Å²) in [5.41, 5.74) is 0.796. The smallest absolute Gasteiger partial charge is 0.231 e. The molecule has 2 heterocycles. The molecule has 0 fully saturated rings. The molecule has 0 saturated heterocycles. The van der Waals surface area contributed by atoms with Crippen LogP contribution >= 0.6 is 0 Å². The number of phenolic OH excluding ortho intramolecular Hbond substituents is 1. The lowest BCUT2D eigenvalue weighted by atomic mass is 10.0. The molecule has 1 aromatic heterocycles. The van der Waals surface area contributed by atoms with Crippen LogP contribution in [0.5, 0.6) is 28.7 Å². The molecule has 2 aromatic carbocycles. The molecule has 0 amide bonds. The van der Waals surface area contributed by atoms with Crippen molar-refractivity contribution in [3.8, 4) is 39.9 Å². The number of phenols is 1. The molecule has 0 atom stereocenters. The molecular weight excluding hydrogens is 328 g/mol. The molecule has 0 radical (unpaired) electrons. The zero-order chi connectivity index (χ0) is 17.6. The van der Waals surface area contributed by atoms with Gasteiger partial charge in [-0.1, -0.05) is 0 Å². The van der Waals surface area contributed by atoms with Crippen LogP contribution < -0.4 is 24.4 Å². The van der Waals surface area contributed by atoms with Crippen LogP contribution in [0.25, 0.3) is 22.1 Å². The van der Waals surface area contributed by atoms with Crippen molar-refractivity contribution in [2.24, 2.45) is 0 Å². The highest BCUT2D eigenvalue weighted by Gasteiger charge is 2.21. The summed E-state index contributed by atoms with van der Waals surface area (Å²) in [5.74, 6) is 1.61. The number of aromatic hydroxyl groups is 1. The van der Waals surface area contributed by atoms with Crippen LogP contribution in [0.15, 0.2) is 39.7 Å². The number of hydrogen-bond acceptors (Lipinski definition) is 7. The number of fused-ring (bicyclic) bond motifs is 2. The third kappa shape index (κ3) is 2.32. The van der Waals surface area contributed by atoms with Gasteiger partial charge in [0.15, 0.2) is 23.0 Å². The van der Waals surface area contributed by atoms with Crippen molar-refractivity contribution in [1.82, 2.24) is 0 Å². The normalized spacial score (nSPS) is 12.4. The summed E-state index contributed by atoms with van der Waals surface area (Å²) in [4.78, 5) is 12.9. The lowest BCUT2D eigenvalue weighted by Crippen LogP contribution is -2.06. The summed E-state index contributed by atoms with van der Waals surface area (Å²) in [6.07, 6.45) is 1.35. The predicted octanol–water partition coefficient (Wildman–Crippen LogP) is 2.91. The average molecular weight is 342 g/mol. The first-order chi connectivity index (χ1) is 12.1. The molecule has 4 rings (SSSR count). The fourth-order valence-electron chi connectivity index (χ4n) is 2.80. The molecule has 7 heteroatoms. The van der Waals surface area contributed by atoms with Gasteiger partial charge in [0.1, 0.15) is 17.6 Å². The highest BCUT2D eigenvalue weighted by atomic mass is 16.7. The van der Waals surface area contributed by atoms with E-state index in [-0.39, 0.29) is 34.7 Å². The molecule has 0 saturated carbocycles. The van der Waals surface area contributed by atoms with Gasteiger partial charge in [-0.15, -0.1) is 0 Å². The van der Waals surface area contributed by atoms with Gasteiger partial charge in [0, 0.05) is 17.7 Å². The van der Waals surface area contributed by atoms with Crippen LogP contribution in [0, 0.1) is 0 Å². The quantitative estimate of drug-likeness (QED) is 0.783. The van der Waals surface area contributed by atoms with Crippen LogP contribution in [0.4, 0.5) is 0 Å². The Labute approximate surface area is 141 Å². The average Bonchev–Trinajstić information content (AvgIpc) is 3.08. The van der Waals surface area contributed by atoms with E-state index in [9.17, 15) is 9.90 Å². The standard InChI is InChI=1S/C18H14O7/c1-21-13-5-17-16(24-8-25-17)4-9(13)11-7-23-14-6-15(22-2)12(19)3-10(14)18(11)20/h3-7,19H,8H2,1-2H3. The first kappa shape index (κ1) is 15.2. The first-order valence-corrected chi connectivity index (χ1v) is 7.43. The second-order valence-corrected chi connectivity index (χ2v) is 5.40. The summed E-state index contributed by atoms with van der Waals surface area (Å²) < 4.78 is 26.7. The number of rotatable bonds is 3. The Kier molecular flexibility index (Phi) is 3.42. The molecule has 3 aromatic rings. The van der Waals surface area contributed by atoms with E-state index in [4.69, 9.17) is 23.4 Å². The summed E-state index contributed by atoms with van der Waals surface area (Å²) in [6.45, 7) is 0.113. The molecule has 7 nitrogen and oxygen atoms in total. The Morgan fingerprint density at radius 2 is 1.68 bits per heavy atom. The van der Waals surface area contributed by atoms with E-state index >= 15 is 0 Å². The van der Waals surface area contributed by atoms with E-state index in [1.54, 1.807) is 12.1 Å². The van der Waals surface area contributed by atoms with Gasteiger partial charge in [-0.2, -0.15) is 0 Å². The van der Waals surface area contributed by atoms with E-state index < -0.39 is 0 Å². The molecule has 0 bridgehead atoms. The Balaban J connectivity index is 1.96. The fraction of sp³-hybridized carbons (Fsp3) is 0.167. The summed E-state index contributed by atoms with van der Waals surface area (Å²) in [5, 5.41) is 10.2. The van der Waals surface area contributed by atoms with E-state index in [0.29, 0.717) is 28.4 Å². The molecule has 1 N–H and O–H groups in total. The fourth-order valence-corrected chi connectivity index (χ4v) is 2.80. The van der Waals surface area contributed by atoms with Gasteiger partial charge in [0.2, 0.25) is 12.2 Å². The second kappa shape index (κ2) is 5.62. The van der Waals surface area contributed by atoms with Crippen LogP contribution in [-0.2, 0) is 0 Å². The zero-order valence-electron chi connectivity index (χ0n) is 13.5. The largest absolute Gasteiger partial charge is 0.504 e. The van der Waals surface area contributed by atoms with E-state index in [1.807, 2.05) is 0 Å². The van der Waals surface area contributed by atoms with Crippen LogP contribution in [0.2, 0.25) is 0 Å². The molecular formula is C18H14O7. The van der Waals surface area contributed by atoms with Crippen molar-refractivity contribution in [1.29, 1.82) is 0 Å². The van der Waals surface area contributed by atoms with Crippen LogP contribution in [0.3, 0.4) is 0 Å². The number of methoxy groups -OCH3 is 2. The summed E-state index contributed by atoms with van der Waals surface area (Å²) in [6, 6.07) is 6.12. The summed E-state index contributed by atoms with van der Waals surface area (Å²) in [7, 11) is 2.92. The maximum absolute atomic E-state index is 12.9. The highest BCUT2D eigenvalue weighted by Crippen LogP contribution is 2.42. The number of benzene rings is 2. The third-order valence-corrected chi connectivity index (χ3v) is 4.06. The maximum Gasteiger partial charge on any atom is 0.231 e. The monoisotopic (exact) mass is 342 g/mol. The van der Waals surface area contributed by atoms with Gasteiger partial charge in [-0.3, -0.25) is 4.79 Å². The topological polar surface area (TPSA) is 87.4 Å². The predicted molar refractivity (Wildman–Crippen MR) is 88.8 cm³/mol. The number of hydrogen-bond donors (Lipinski definition) is 1. The van der Waals surface area contributed by atoms with Crippen molar-refractivity contribution in [3.05, 3.63) is 40.8 Å². The molecule has 0 aliphatic carbocycles. The van der Waals surface area contributed by atoms with Gasteiger partial charge < -0.3 is 28.5 Å². The molecule has 0 spiro atoms. The Morgan fingerprint density at radius 1 is 0.960 bits per heavy atom. The van der Waals surface area contributed by atoms with Gasteiger partial charge >= 0.3 is 0 Å². The van der Waals surface area contributed by atoms with Crippen LogP contribution in [0.1, 0.15) is 0 Å². The lowest BCUT2D eigenvalue weighted by molar-refractivity contribution is 0.174. The molecule has 25 heavy (non-hydrogen) atoms. The van der Waals surface area contributed by atoms with Gasteiger partial charge in [0.25, 0.3) is 0 Å². The van der Waals surface area contributed by atoms with E-state index in [1.165, 1.54) is 32.6 Å². The number of ether oxygens (including phenoxy) is 4. The first-order valence-electron chi connectivity index (χ1n) is 7.43. The lowest BCUT2D eigenvalue weighted by Gasteiger charge is -2.10. The molecule has 0 unspecified atom stereocenters. The van der Waals surface area contributed by atoms with Gasteiger partial charge in [0.05, 0.1) is 25.2 Å². The molecule has 128 valence electrons. The van der Waals surface area contributed by atoms with Crippen molar-refractivity contribution in [2.45, 2.75) is 0 Å². The van der Waals surface area contributed by atoms with E-state index in [2.05, 4.69) is 0 Å². The van der Waals surface area contributed by atoms with Gasteiger partial charge in [-0.25, -0.2) is 0 Å². The van der Waals surface area contributed by atoms with Crippen molar-refractivity contribution in [2.75, 3.05) is 21.0 Å². The van der Waals surface area contributed by atoms with Crippen molar-refractivity contribution < 1.29 is 28.5 Å². The van der Waals surface area contributed by atoms with Crippen LogP contribution in [-0.4, -0.2) is 26.1 Å². The maximum atomic E-state index is 12.9. The SMILES string of the molecule is COc1cc2occ(-c3cc4c(cc3OC)OCO4)c(=O)c2cc1O. The minimum Gasteiger partial charge on any atom is -0.504 e. The Bertz CT molecular complexity index is 1040. The summed E-state index contributed by atoms with van der Waals surface area (Å²) >= 11 is 0. The third-order valence-electron chi connectivity index (χ3n) is 4.06. The molecule has 1 aliphatic rings. The van der Waals surface area contributed by atoms with Gasteiger partial charge in [-0.05, 0) is 12.1 Å². The second-order valence-electron chi connectivity index (χ2n) is 5.40. The van der Waals surface area contributed by atoms with Crippen molar-refractivity contribution in [3.63, 3.8) is 0 Å². The zero-order valence-corrected chi connectivity index (χ0v) is 13.5. The Morgan fingerprint density at radius 3 is 2.40 bits per heavy atom.